The summed E-state index contributed by atoms with van der Waals surface area (Å²) in [5.41, 5.74) is 0.651. The van der Waals surface area contributed by atoms with Gasteiger partial charge < -0.3 is 5.32 Å². The lowest BCUT2D eigenvalue weighted by atomic mass is 9.96. The number of hydrogen-bond acceptors (Lipinski definition) is 4. The Kier molecular flexibility index (Phi) is 4.99. The van der Waals surface area contributed by atoms with Crippen molar-refractivity contribution >= 4 is 29.3 Å². The number of hydrogen-bond donors (Lipinski definition) is 1. The Hall–Kier alpha value is -0.810. The van der Waals surface area contributed by atoms with Gasteiger partial charge in [-0.05, 0) is 6.92 Å². The Bertz CT molecular complexity index is 457. The van der Waals surface area contributed by atoms with Crippen LogP contribution in [0.15, 0.2) is 5.03 Å². The summed E-state index contributed by atoms with van der Waals surface area (Å²) in [5, 5.41) is 3.80. The minimum atomic E-state index is -0.167. The molecule has 0 aliphatic heterocycles. The molecule has 1 rings (SSSR count). The van der Waals surface area contributed by atoms with Crippen molar-refractivity contribution in [2.24, 2.45) is 0 Å². The van der Waals surface area contributed by atoms with E-state index in [1.165, 1.54) is 11.8 Å². The zero-order valence-electron chi connectivity index (χ0n) is 11.3. The van der Waals surface area contributed by atoms with Crippen molar-refractivity contribution in [2.75, 3.05) is 12.8 Å². The van der Waals surface area contributed by atoms with Crippen molar-refractivity contribution in [1.29, 1.82) is 0 Å². The van der Waals surface area contributed by atoms with Crippen LogP contribution in [0.1, 0.15) is 32.2 Å². The SMILES string of the molecule is CNC(=O)CSc1nc(C(C)(C)C)nc(Cl)c1C. The van der Waals surface area contributed by atoms with Gasteiger partial charge >= 0.3 is 0 Å². The second-order valence-electron chi connectivity index (χ2n) is 4.98. The first-order chi connectivity index (χ1) is 8.25. The van der Waals surface area contributed by atoms with Crippen LogP contribution < -0.4 is 5.32 Å². The number of thioether (sulfide) groups is 1. The quantitative estimate of drug-likeness (QED) is 0.686. The first kappa shape index (κ1) is 15.2. The molecular formula is C12H18ClN3OS. The lowest BCUT2D eigenvalue weighted by molar-refractivity contribution is -0.118. The molecule has 1 heterocycles. The first-order valence-electron chi connectivity index (χ1n) is 5.63. The fourth-order valence-electron chi connectivity index (χ4n) is 1.15. The van der Waals surface area contributed by atoms with Crippen molar-refractivity contribution in [2.45, 2.75) is 38.1 Å². The highest BCUT2D eigenvalue weighted by Crippen LogP contribution is 2.28. The number of halogens is 1. The number of nitrogens with zero attached hydrogens (tertiary/aromatic N) is 2. The van der Waals surface area contributed by atoms with Crippen molar-refractivity contribution < 1.29 is 4.79 Å². The zero-order valence-corrected chi connectivity index (χ0v) is 12.9. The summed E-state index contributed by atoms with van der Waals surface area (Å²) < 4.78 is 0. The molecule has 1 amide bonds. The molecule has 0 radical (unpaired) electrons. The summed E-state index contributed by atoms with van der Waals surface area (Å²) in [4.78, 5) is 20.0. The standard InChI is InChI=1S/C12H18ClN3OS/c1-7-9(13)15-11(12(2,3)4)16-10(7)18-6-8(17)14-5/h6H2,1-5H3,(H,14,17). The normalized spacial score (nSPS) is 11.4. The van der Waals surface area contributed by atoms with Crippen LogP contribution in [-0.2, 0) is 10.2 Å². The second-order valence-corrected chi connectivity index (χ2v) is 6.30. The number of carbonyl (C=O) groups is 1. The summed E-state index contributed by atoms with van der Waals surface area (Å²) in [6.07, 6.45) is 0. The zero-order chi connectivity index (χ0) is 13.9. The molecule has 0 aliphatic rings. The van der Waals surface area contributed by atoms with Gasteiger partial charge in [0.05, 0.1) is 5.75 Å². The molecular weight excluding hydrogens is 270 g/mol. The average molecular weight is 288 g/mol. The third kappa shape index (κ3) is 3.85. The summed E-state index contributed by atoms with van der Waals surface area (Å²) in [6, 6.07) is 0. The summed E-state index contributed by atoms with van der Waals surface area (Å²) >= 11 is 7.49. The van der Waals surface area contributed by atoms with Gasteiger partial charge in [0, 0.05) is 18.0 Å². The molecule has 1 N–H and O–H groups in total. The Balaban J connectivity index is 3.03. The van der Waals surface area contributed by atoms with Crippen molar-refractivity contribution in [3.05, 3.63) is 16.5 Å². The molecule has 18 heavy (non-hydrogen) atoms. The lowest BCUT2D eigenvalue weighted by Gasteiger charge is -2.18. The third-order valence-electron chi connectivity index (χ3n) is 2.33. The second kappa shape index (κ2) is 5.89. The smallest absolute Gasteiger partial charge is 0.230 e. The van der Waals surface area contributed by atoms with Crippen molar-refractivity contribution in [3.8, 4) is 0 Å². The molecule has 0 fully saturated rings. The van der Waals surface area contributed by atoms with E-state index in [1.807, 2.05) is 27.7 Å². The monoisotopic (exact) mass is 287 g/mol. The maximum absolute atomic E-state index is 11.3. The van der Waals surface area contributed by atoms with Crippen LogP contribution in [0.4, 0.5) is 0 Å². The third-order valence-corrected chi connectivity index (χ3v) is 3.78. The summed E-state index contributed by atoms with van der Waals surface area (Å²) in [6.45, 7) is 7.95. The molecule has 100 valence electrons. The molecule has 0 atom stereocenters. The number of aromatic nitrogens is 2. The van der Waals surface area contributed by atoms with Gasteiger partial charge in [0.2, 0.25) is 5.91 Å². The van der Waals surface area contributed by atoms with E-state index in [4.69, 9.17) is 11.6 Å². The van der Waals surface area contributed by atoms with Gasteiger partial charge in [0.15, 0.2) is 0 Å². The van der Waals surface area contributed by atoms with Crippen LogP contribution in [0, 0.1) is 6.92 Å². The predicted octanol–water partition coefficient (Wildman–Crippen LogP) is 2.57. The summed E-state index contributed by atoms with van der Waals surface area (Å²) in [7, 11) is 1.61. The van der Waals surface area contributed by atoms with Gasteiger partial charge in [-0.15, -0.1) is 0 Å². The topological polar surface area (TPSA) is 54.9 Å². The van der Waals surface area contributed by atoms with Crippen LogP contribution in [0.25, 0.3) is 0 Å². The molecule has 1 aromatic rings. The highest BCUT2D eigenvalue weighted by atomic mass is 35.5. The predicted molar refractivity (Wildman–Crippen MR) is 75.3 cm³/mol. The van der Waals surface area contributed by atoms with E-state index in [9.17, 15) is 4.79 Å². The van der Waals surface area contributed by atoms with Crippen LogP contribution in [0.3, 0.4) is 0 Å². The van der Waals surface area contributed by atoms with Crippen LogP contribution in [0.5, 0.6) is 0 Å². The Morgan fingerprint density at radius 3 is 2.50 bits per heavy atom. The highest BCUT2D eigenvalue weighted by molar-refractivity contribution is 7.99. The Labute approximate surface area is 117 Å². The molecule has 1 aromatic heterocycles. The molecule has 0 spiro atoms. The molecule has 0 aliphatic carbocycles. The molecule has 4 nitrogen and oxygen atoms in total. The van der Waals surface area contributed by atoms with Gasteiger partial charge in [-0.3, -0.25) is 4.79 Å². The Morgan fingerprint density at radius 1 is 1.39 bits per heavy atom. The molecule has 0 saturated carbocycles. The van der Waals surface area contributed by atoms with E-state index in [-0.39, 0.29) is 11.3 Å². The van der Waals surface area contributed by atoms with Crippen molar-refractivity contribution in [1.82, 2.24) is 15.3 Å². The largest absolute Gasteiger partial charge is 0.358 e. The van der Waals surface area contributed by atoms with Gasteiger partial charge in [-0.25, -0.2) is 9.97 Å². The molecule has 0 saturated heterocycles. The van der Waals surface area contributed by atoms with Gasteiger partial charge in [-0.1, -0.05) is 44.1 Å². The van der Waals surface area contributed by atoms with E-state index in [1.54, 1.807) is 7.05 Å². The van der Waals surface area contributed by atoms with Crippen molar-refractivity contribution in [3.63, 3.8) is 0 Å². The van der Waals surface area contributed by atoms with E-state index in [2.05, 4.69) is 15.3 Å². The minimum absolute atomic E-state index is 0.0357. The number of amides is 1. The highest BCUT2D eigenvalue weighted by Gasteiger charge is 2.21. The first-order valence-corrected chi connectivity index (χ1v) is 7.00. The maximum Gasteiger partial charge on any atom is 0.230 e. The molecule has 0 aromatic carbocycles. The molecule has 6 heteroatoms. The Morgan fingerprint density at radius 2 is 2.00 bits per heavy atom. The molecule has 0 unspecified atom stereocenters. The summed E-state index contributed by atoms with van der Waals surface area (Å²) in [5.74, 6) is 0.984. The minimum Gasteiger partial charge on any atom is -0.358 e. The fraction of sp³-hybridized carbons (Fsp3) is 0.583. The van der Waals surface area contributed by atoms with E-state index in [0.717, 1.165) is 10.6 Å². The number of nitrogens with one attached hydrogen (secondary N) is 1. The van der Waals surface area contributed by atoms with Gasteiger partial charge in [0.25, 0.3) is 0 Å². The van der Waals surface area contributed by atoms with E-state index in [0.29, 0.717) is 16.7 Å². The van der Waals surface area contributed by atoms with Gasteiger partial charge in [-0.2, -0.15) is 0 Å². The average Bonchev–Trinajstić information content (AvgIpc) is 2.28. The lowest BCUT2D eigenvalue weighted by Crippen LogP contribution is -2.20. The number of rotatable bonds is 3. The molecule has 0 bridgehead atoms. The van der Waals surface area contributed by atoms with Crippen LogP contribution in [-0.4, -0.2) is 28.7 Å². The van der Waals surface area contributed by atoms with E-state index < -0.39 is 0 Å². The number of carbonyl (C=O) groups excluding carboxylic acids is 1. The maximum atomic E-state index is 11.3. The van der Waals surface area contributed by atoms with Crippen LogP contribution in [0.2, 0.25) is 5.15 Å². The van der Waals surface area contributed by atoms with E-state index >= 15 is 0 Å². The van der Waals surface area contributed by atoms with Crippen LogP contribution >= 0.6 is 23.4 Å². The fourth-order valence-corrected chi connectivity index (χ4v) is 2.25. The van der Waals surface area contributed by atoms with Gasteiger partial charge in [0.1, 0.15) is 16.0 Å².